The second-order valence-electron chi connectivity index (χ2n) is 6.19. The molecular weight excluding hydrogens is 256 g/mol. The highest BCUT2D eigenvalue weighted by atomic mass is 35.5. The SMILES string of the molecule is CN(Cc1ccc(Cl)cc1)CC1NCC2CCCC21. The molecule has 1 heterocycles. The van der Waals surface area contributed by atoms with Crippen LogP contribution in [0.5, 0.6) is 0 Å². The highest BCUT2D eigenvalue weighted by Gasteiger charge is 2.38. The van der Waals surface area contributed by atoms with E-state index in [1.54, 1.807) is 0 Å². The van der Waals surface area contributed by atoms with Gasteiger partial charge in [0.15, 0.2) is 0 Å². The van der Waals surface area contributed by atoms with Gasteiger partial charge in [-0.15, -0.1) is 0 Å². The Hall–Kier alpha value is -0.570. The van der Waals surface area contributed by atoms with Crippen molar-refractivity contribution in [2.45, 2.75) is 31.8 Å². The summed E-state index contributed by atoms with van der Waals surface area (Å²) in [5, 5.41) is 4.54. The third-order valence-electron chi connectivity index (χ3n) is 4.75. The molecule has 1 aliphatic carbocycles. The van der Waals surface area contributed by atoms with Gasteiger partial charge in [-0.2, -0.15) is 0 Å². The first-order valence-electron chi connectivity index (χ1n) is 7.39. The standard InChI is InChI=1S/C16H23ClN2/c1-19(10-12-5-7-14(17)8-6-12)11-16-15-4-2-3-13(15)9-18-16/h5-8,13,15-16,18H,2-4,9-11H2,1H3. The molecule has 3 unspecified atom stereocenters. The molecule has 0 aromatic heterocycles. The van der Waals surface area contributed by atoms with Crippen molar-refractivity contribution in [3.8, 4) is 0 Å². The minimum atomic E-state index is 0.699. The molecule has 1 aliphatic heterocycles. The molecule has 1 aromatic rings. The summed E-state index contributed by atoms with van der Waals surface area (Å²) >= 11 is 5.92. The molecule has 0 bridgehead atoms. The van der Waals surface area contributed by atoms with E-state index in [4.69, 9.17) is 11.6 Å². The summed E-state index contributed by atoms with van der Waals surface area (Å²) in [5.41, 5.74) is 1.34. The second kappa shape index (κ2) is 5.82. The average Bonchev–Trinajstić information content (AvgIpc) is 2.97. The zero-order valence-electron chi connectivity index (χ0n) is 11.6. The first-order valence-corrected chi connectivity index (χ1v) is 7.76. The number of benzene rings is 1. The van der Waals surface area contributed by atoms with Crippen LogP contribution in [0.15, 0.2) is 24.3 Å². The Labute approximate surface area is 121 Å². The van der Waals surface area contributed by atoms with Gasteiger partial charge < -0.3 is 10.2 Å². The highest BCUT2D eigenvalue weighted by molar-refractivity contribution is 6.30. The summed E-state index contributed by atoms with van der Waals surface area (Å²) in [7, 11) is 2.22. The smallest absolute Gasteiger partial charge is 0.0406 e. The van der Waals surface area contributed by atoms with Gasteiger partial charge in [0.2, 0.25) is 0 Å². The summed E-state index contributed by atoms with van der Waals surface area (Å²) in [6.45, 7) is 3.40. The van der Waals surface area contributed by atoms with E-state index in [1.807, 2.05) is 12.1 Å². The van der Waals surface area contributed by atoms with Crippen molar-refractivity contribution in [2.75, 3.05) is 20.1 Å². The molecule has 104 valence electrons. The third kappa shape index (κ3) is 3.13. The van der Waals surface area contributed by atoms with Crippen LogP contribution in [0.2, 0.25) is 5.02 Å². The number of fused-ring (bicyclic) bond motifs is 1. The van der Waals surface area contributed by atoms with Crippen molar-refractivity contribution < 1.29 is 0 Å². The number of rotatable bonds is 4. The minimum absolute atomic E-state index is 0.699. The van der Waals surface area contributed by atoms with Gasteiger partial charge in [0.05, 0.1) is 0 Å². The molecular formula is C16H23ClN2. The number of hydrogen-bond acceptors (Lipinski definition) is 2. The van der Waals surface area contributed by atoms with Crippen molar-refractivity contribution in [1.29, 1.82) is 0 Å². The molecule has 1 N–H and O–H groups in total. The Kier molecular flexibility index (Phi) is 4.11. The molecule has 2 aliphatic rings. The van der Waals surface area contributed by atoms with Crippen LogP contribution in [-0.2, 0) is 6.54 Å². The van der Waals surface area contributed by atoms with Crippen LogP contribution in [0.25, 0.3) is 0 Å². The van der Waals surface area contributed by atoms with E-state index in [2.05, 4.69) is 29.4 Å². The fourth-order valence-corrected chi connectivity index (χ4v) is 3.93. The number of hydrogen-bond donors (Lipinski definition) is 1. The molecule has 0 spiro atoms. The lowest BCUT2D eigenvalue weighted by Crippen LogP contribution is -2.38. The zero-order valence-corrected chi connectivity index (χ0v) is 12.4. The van der Waals surface area contributed by atoms with E-state index < -0.39 is 0 Å². The van der Waals surface area contributed by atoms with Crippen molar-refractivity contribution in [1.82, 2.24) is 10.2 Å². The molecule has 1 aromatic carbocycles. The Morgan fingerprint density at radius 3 is 2.84 bits per heavy atom. The fraction of sp³-hybridized carbons (Fsp3) is 0.625. The molecule has 1 saturated carbocycles. The monoisotopic (exact) mass is 278 g/mol. The lowest BCUT2D eigenvalue weighted by atomic mass is 9.94. The van der Waals surface area contributed by atoms with Crippen molar-refractivity contribution >= 4 is 11.6 Å². The summed E-state index contributed by atoms with van der Waals surface area (Å²) in [6, 6.07) is 8.90. The first-order chi connectivity index (χ1) is 9.22. The summed E-state index contributed by atoms with van der Waals surface area (Å²) in [6.07, 6.45) is 4.31. The van der Waals surface area contributed by atoms with Crippen LogP contribution in [0.1, 0.15) is 24.8 Å². The fourth-order valence-electron chi connectivity index (χ4n) is 3.80. The Balaban J connectivity index is 1.53. The maximum absolute atomic E-state index is 5.92. The van der Waals surface area contributed by atoms with Crippen LogP contribution in [-0.4, -0.2) is 31.1 Å². The molecule has 1 saturated heterocycles. The molecule has 3 atom stereocenters. The van der Waals surface area contributed by atoms with E-state index in [-0.39, 0.29) is 0 Å². The Morgan fingerprint density at radius 1 is 1.26 bits per heavy atom. The topological polar surface area (TPSA) is 15.3 Å². The maximum atomic E-state index is 5.92. The van der Waals surface area contributed by atoms with Crippen molar-refractivity contribution in [2.24, 2.45) is 11.8 Å². The summed E-state index contributed by atoms with van der Waals surface area (Å²) in [4.78, 5) is 2.43. The largest absolute Gasteiger partial charge is 0.312 e. The Morgan fingerprint density at radius 2 is 2.05 bits per heavy atom. The van der Waals surface area contributed by atoms with Gasteiger partial charge in [-0.25, -0.2) is 0 Å². The first kappa shape index (κ1) is 13.4. The van der Waals surface area contributed by atoms with Gasteiger partial charge in [-0.3, -0.25) is 0 Å². The number of nitrogens with zero attached hydrogens (tertiary/aromatic N) is 1. The van der Waals surface area contributed by atoms with Crippen molar-refractivity contribution in [3.05, 3.63) is 34.9 Å². The molecule has 2 nitrogen and oxygen atoms in total. The number of likely N-dealkylation sites (N-methyl/N-ethyl adjacent to an activating group) is 1. The minimum Gasteiger partial charge on any atom is -0.312 e. The molecule has 3 heteroatoms. The molecule has 3 rings (SSSR count). The van der Waals surface area contributed by atoms with Crippen LogP contribution in [0, 0.1) is 11.8 Å². The normalized spacial score (nSPS) is 29.9. The van der Waals surface area contributed by atoms with Crippen molar-refractivity contribution in [3.63, 3.8) is 0 Å². The third-order valence-corrected chi connectivity index (χ3v) is 5.00. The lowest BCUT2D eigenvalue weighted by molar-refractivity contribution is 0.259. The number of halogens is 1. The average molecular weight is 279 g/mol. The highest BCUT2D eigenvalue weighted by Crippen LogP contribution is 2.37. The van der Waals surface area contributed by atoms with Crippen LogP contribution >= 0.6 is 11.6 Å². The second-order valence-corrected chi connectivity index (χ2v) is 6.63. The quantitative estimate of drug-likeness (QED) is 0.910. The van der Waals surface area contributed by atoms with Gasteiger partial charge in [-0.1, -0.05) is 30.2 Å². The van der Waals surface area contributed by atoms with Gasteiger partial charge in [0.25, 0.3) is 0 Å². The summed E-state index contributed by atoms with van der Waals surface area (Å²) < 4.78 is 0. The van der Waals surface area contributed by atoms with E-state index in [9.17, 15) is 0 Å². The van der Waals surface area contributed by atoms with E-state index in [0.29, 0.717) is 6.04 Å². The maximum Gasteiger partial charge on any atom is 0.0406 e. The lowest BCUT2D eigenvalue weighted by Gasteiger charge is -2.25. The zero-order chi connectivity index (χ0) is 13.2. The van der Waals surface area contributed by atoms with E-state index >= 15 is 0 Å². The van der Waals surface area contributed by atoms with Gasteiger partial charge in [-0.05, 0) is 56.0 Å². The van der Waals surface area contributed by atoms with Gasteiger partial charge >= 0.3 is 0 Å². The van der Waals surface area contributed by atoms with Gasteiger partial charge in [0.1, 0.15) is 0 Å². The predicted octanol–water partition coefficient (Wildman–Crippen LogP) is 3.16. The van der Waals surface area contributed by atoms with Crippen LogP contribution in [0.3, 0.4) is 0 Å². The summed E-state index contributed by atoms with van der Waals surface area (Å²) in [5.74, 6) is 1.88. The van der Waals surface area contributed by atoms with Gasteiger partial charge in [0, 0.05) is 24.2 Å². The molecule has 0 radical (unpaired) electrons. The van der Waals surface area contributed by atoms with Crippen LogP contribution < -0.4 is 5.32 Å². The molecule has 0 amide bonds. The molecule has 19 heavy (non-hydrogen) atoms. The molecule has 2 fully saturated rings. The Bertz CT molecular complexity index is 417. The van der Waals surface area contributed by atoms with E-state index in [1.165, 1.54) is 31.4 Å². The van der Waals surface area contributed by atoms with E-state index in [0.717, 1.165) is 29.9 Å². The number of nitrogens with one attached hydrogen (secondary N) is 1. The van der Waals surface area contributed by atoms with Crippen LogP contribution in [0.4, 0.5) is 0 Å². The predicted molar refractivity (Wildman–Crippen MR) is 80.4 cm³/mol.